The molecule has 0 aromatic carbocycles. The molecule has 0 amide bonds. The normalized spacial score (nSPS) is 25.8. The maximum absolute atomic E-state index is 11.2. The van der Waals surface area contributed by atoms with Crippen LogP contribution in [0.3, 0.4) is 0 Å². The number of sulfone groups is 1. The van der Waals surface area contributed by atoms with Crippen LogP contribution in [0.4, 0.5) is 0 Å². The summed E-state index contributed by atoms with van der Waals surface area (Å²) >= 11 is 0. The van der Waals surface area contributed by atoms with E-state index in [1.807, 2.05) is 6.92 Å². The van der Waals surface area contributed by atoms with Gasteiger partial charge in [-0.25, -0.2) is 8.42 Å². The lowest BCUT2D eigenvalue weighted by molar-refractivity contribution is 0.388. The minimum absolute atomic E-state index is 0.0254. The molecule has 1 aliphatic heterocycles. The van der Waals surface area contributed by atoms with Crippen LogP contribution in [0, 0.1) is 5.41 Å². The van der Waals surface area contributed by atoms with Crippen LogP contribution in [0.1, 0.15) is 19.8 Å². The molecule has 0 radical (unpaired) electrons. The molecule has 1 fully saturated rings. The van der Waals surface area contributed by atoms with Crippen molar-refractivity contribution in [2.24, 2.45) is 0 Å². The summed E-state index contributed by atoms with van der Waals surface area (Å²) in [4.78, 5) is 1.78. The lowest BCUT2D eigenvalue weighted by Gasteiger charge is -2.25. The second-order valence-electron chi connectivity index (χ2n) is 3.47. The fourth-order valence-electron chi connectivity index (χ4n) is 1.55. The highest BCUT2D eigenvalue weighted by atomic mass is 32.2. The Hall–Kier alpha value is -0.580. The maximum Gasteiger partial charge on any atom is 0.152 e. The molecule has 76 valence electrons. The van der Waals surface area contributed by atoms with E-state index in [1.54, 1.807) is 11.9 Å². The molecule has 0 aromatic rings. The van der Waals surface area contributed by atoms with Crippen molar-refractivity contribution in [3.63, 3.8) is 0 Å². The van der Waals surface area contributed by atoms with Crippen molar-refractivity contribution in [3.8, 4) is 0 Å². The molecule has 0 spiro atoms. The van der Waals surface area contributed by atoms with Gasteiger partial charge in [0.05, 0.1) is 17.3 Å². The van der Waals surface area contributed by atoms with Crippen LogP contribution < -0.4 is 0 Å². The standard InChI is InChI=1S/C8H16N2O2S/c1-3-8(9)10(2)7-4-5-13(11,12)6-7/h7,9H,3-6H2,1-2H3. The second-order valence-corrected chi connectivity index (χ2v) is 5.70. The Morgan fingerprint density at radius 3 is 2.62 bits per heavy atom. The van der Waals surface area contributed by atoms with E-state index >= 15 is 0 Å². The third-order valence-electron chi connectivity index (χ3n) is 2.52. The van der Waals surface area contributed by atoms with Crippen molar-refractivity contribution in [3.05, 3.63) is 0 Å². The number of hydrogen-bond acceptors (Lipinski definition) is 3. The van der Waals surface area contributed by atoms with Crippen LogP contribution >= 0.6 is 0 Å². The lowest BCUT2D eigenvalue weighted by Crippen LogP contribution is -2.36. The van der Waals surface area contributed by atoms with Gasteiger partial charge in [0, 0.05) is 19.5 Å². The summed E-state index contributed by atoms with van der Waals surface area (Å²) in [6, 6.07) is 0.0254. The molecule has 1 aliphatic rings. The second kappa shape index (κ2) is 3.65. The molecule has 0 saturated carbocycles. The molecule has 5 heteroatoms. The third kappa shape index (κ3) is 2.43. The average molecular weight is 204 g/mol. The zero-order valence-electron chi connectivity index (χ0n) is 8.08. The predicted molar refractivity (Wildman–Crippen MR) is 52.8 cm³/mol. The van der Waals surface area contributed by atoms with Gasteiger partial charge in [-0.1, -0.05) is 6.92 Å². The molecule has 13 heavy (non-hydrogen) atoms. The first-order valence-electron chi connectivity index (χ1n) is 4.47. The third-order valence-corrected chi connectivity index (χ3v) is 4.27. The number of nitrogens with one attached hydrogen (secondary N) is 1. The summed E-state index contributed by atoms with van der Waals surface area (Å²) in [6.45, 7) is 1.91. The van der Waals surface area contributed by atoms with E-state index in [0.717, 1.165) is 0 Å². The van der Waals surface area contributed by atoms with Gasteiger partial charge < -0.3 is 4.90 Å². The highest BCUT2D eigenvalue weighted by Gasteiger charge is 2.31. The fourth-order valence-corrected chi connectivity index (χ4v) is 3.32. The Morgan fingerprint density at radius 2 is 2.23 bits per heavy atom. The van der Waals surface area contributed by atoms with E-state index in [9.17, 15) is 8.42 Å². The molecule has 1 N–H and O–H groups in total. The molecule has 1 atom stereocenters. The van der Waals surface area contributed by atoms with Crippen LogP contribution in [-0.2, 0) is 9.84 Å². The molecule has 0 aromatic heterocycles. The van der Waals surface area contributed by atoms with E-state index < -0.39 is 9.84 Å². The van der Waals surface area contributed by atoms with Gasteiger partial charge in [-0.2, -0.15) is 0 Å². The van der Waals surface area contributed by atoms with E-state index in [-0.39, 0.29) is 17.5 Å². The van der Waals surface area contributed by atoms with Gasteiger partial charge in [-0.05, 0) is 6.42 Å². The largest absolute Gasteiger partial charge is 0.360 e. The minimum Gasteiger partial charge on any atom is -0.360 e. The first kappa shape index (κ1) is 10.5. The first-order chi connectivity index (χ1) is 5.96. The minimum atomic E-state index is -2.82. The maximum atomic E-state index is 11.2. The number of rotatable bonds is 2. The summed E-state index contributed by atoms with van der Waals surface area (Å²) in [6.07, 6.45) is 1.33. The van der Waals surface area contributed by atoms with Crippen LogP contribution in [0.25, 0.3) is 0 Å². The van der Waals surface area contributed by atoms with Gasteiger partial charge in [0.1, 0.15) is 0 Å². The van der Waals surface area contributed by atoms with Crippen molar-refractivity contribution < 1.29 is 8.42 Å². The summed E-state index contributed by atoms with van der Waals surface area (Å²) in [5.41, 5.74) is 0. The van der Waals surface area contributed by atoms with Gasteiger partial charge >= 0.3 is 0 Å². The van der Waals surface area contributed by atoms with Gasteiger partial charge in [-0.3, -0.25) is 5.41 Å². The van der Waals surface area contributed by atoms with Gasteiger partial charge in [0.25, 0.3) is 0 Å². The summed E-state index contributed by atoms with van der Waals surface area (Å²) in [5, 5.41) is 7.57. The van der Waals surface area contributed by atoms with Crippen LogP contribution in [-0.4, -0.2) is 43.7 Å². The Balaban J connectivity index is 2.61. The van der Waals surface area contributed by atoms with Crippen LogP contribution in [0.5, 0.6) is 0 Å². The average Bonchev–Trinajstić information content (AvgIpc) is 2.43. The Labute approximate surface area is 79.4 Å². The Kier molecular flexibility index (Phi) is 2.95. The summed E-state index contributed by atoms with van der Waals surface area (Å²) in [5.74, 6) is 1.01. The molecular weight excluding hydrogens is 188 g/mol. The lowest BCUT2D eigenvalue weighted by atomic mass is 10.2. The topological polar surface area (TPSA) is 61.2 Å². The number of nitrogens with zero attached hydrogens (tertiary/aromatic N) is 1. The molecule has 1 rings (SSSR count). The zero-order valence-corrected chi connectivity index (χ0v) is 8.89. The SMILES string of the molecule is CCC(=N)N(C)C1CCS(=O)(=O)C1. The smallest absolute Gasteiger partial charge is 0.152 e. The quantitative estimate of drug-likeness (QED) is 0.526. The highest BCUT2D eigenvalue weighted by Crippen LogP contribution is 2.16. The van der Waals surface area contributed by atoms with E-state index in [1.165, 1.54) is 0 Å². The Bertz CT molecular complexity index is 297. The number of amidine groups is 1. The Morgan fingerprint density at radius 1 is 1.62 bits per heavy atom. The van der Waals surface area contributed by atoms with E-state index in [2.05, 4.69) is 0 Å². The molecular formula is C8H16N2O2S. The highest BCUT2D eigenvalue weighted by molar-refractivity contribution is 7.91. The van der Waals surface area contributed by atoms with Crippen molar-refractivity contribution >= 4 is 15.7 Å². The van der Waals surface area contributed by atoms with Crippen molar-refractivity contribution in [2.75, 3.05) is 18.6 Å². The fraction of sp³-hybridized carbons (Fsp3) is 0.875. The van der Waals surface area contributed by atoms with Crippen molar-refractivity contribution in [1.29, 1.82) is 5.41 Å². The molecule has 0 bridgehead atoms. The van der Waals surface area contributed by atoms with Gasteiger partial charge in [-0.15, -0.1) is 0 Å². The monoisotopic (exact) mass is 204 g/mol. The molecule has 1 unspecified atom stereocenters. The molecule has 1 heterocycles. The zero-order chi connectivity index (χ0) is 10.1. The van der Waals surface area contributed by atoms with Gasteiger partial charge in [0.15, 0.2) is 9.84 Å². The predicted octanol–water partition coefficient (Wildman–Crippen LogP) is 0.493. The van der Waals surface area contributed by atoms with Gasteiger partial charge in [0.2, 0.25) is 0 Å². The number of hydrogen-bond donors (Lipinski definition) is 1. The molecule has 0 aliphatic carbocycles. The van der Waals surface area contributed by atoms with Crippen LogP contribution in [0.15, 0.2) is 0 Å². The van der Waals surface area contributed by atoms with E-state index in [4.69, 9.17) is 5.41 Å². The van der Waals surface area contributed by atoms with E-state index in [0.29, 0.717) is 18.7 Å². The molecule has 4 nitrogen and oxygen atoms in total. The summed E-state index contributed by atoms with van der Waals surface area (Å²) < 4.78 is 22.3. The summed E-state index contributed by atoms with van der Waals surface area (Å²) in [7, 11) is -1.02. The first-order valence-corrected chi connectivity index (χ1v) is 6.29. The van der Waals surface area contributed by atoms with Crippen molar-refractivity contribution in [1.82, 2.24) is 4.90 Å². The molecule has 1 saturated heterocycles. The van der Waals surface area contributed by atoms with Crippen molar-refractivity contribution in [2.45, 2.75) is 25.8 Å². The van der Waals surface area contributed by atoms with Crippen LogP contribution in [0.2, 0.25) is 0 Å².